The minimum atomic E-state index is 0.352. The minimum absolute atomic E-state index is 0.352. The van der Waals surface area contributed by atoms with E-state index in [0.29, 0.717) is 6.04 Å². The summed E-state index contributed by atoms with van der Waals surface area (Å²) in [5.41, 5.74) is 2.60. The van der Waals surface area contributed by atoms with Crippen LogP contribution in [-0.2, 0) is 6.42 Å². The zero-order chi connectivity index (χ0) is 13.5. The van der Waals surface area contributed by atoms with Crippen molar-refractivity contribution in [2.45, 2.75) is 24.3 Å². The molecule has 0 saturated heterocycles. The van der Waals surface area contributed by atoms with E-state index in [-0.39, 0.29) is 0 Å². The first-order chi connectivity index (χ1) is 9.33. The topological polar surface area (TPSA) is 24.9 Å². The molecule has 2 rings (SSSR count). The van der Waals surface area contributed by atoms with Crippen molar-refractivity contribution in [2.75, 3.05) is 12.8 Å². The van der Waals surface area contributed by atoms with Crippen molar-refractivity contribution in [2.24, 2.45) is 0 Å². The second kappa shape index (κ2) is 7.31. The largest absolute Gasteiger partial charge is 0.310 e. The predicted molar refractivity (Wildman–Crippen MR) is 82.6 cm³/mol. The summed E-state index contributed by atoms with van der Waals surface area (Å²) in [4.78, 5) is 5.49. The summed E-state index contributed by atoms with van der Waals surface area (Å²) in [6, 6.07) is 13.3. The number of nitrogens with zero attached hydrogens (tertiary/aromatic N) is 1. The van der Waals surface area contributed by atoms with Gasteiger partial charge in [-0.3, -0.25) is 4.98 Å². The smallest absolute Gasteiger partial charge is 0.0361 e. The number of hydrogen-bond acceptors (Lipinski definition) is 3. The average Bonchev–Trinajstić information content (AvgIpc) is 2.48. The van der Waals surface area contributed by atoms with E-state index in [9.17, 15) is 0 Å². The number of rotatable bonds is 6. The molecule has 0 aliphatic carbocycles. The highest BCUT2D eigenvalue weighted by Crippen LogP contribution is 2.21. The normalized spacial score (nSPS) is 12.3. The van der Waals surface area contributed by atoms with E-state index >= 15 is 0 Å². The molecular weight excluding hydrogens is 252 g/mol. The van der Waals surface area contributed by atoms with Gasteiger partial charge in [0.2, 0.25) is 0 Å². The van der Waals surface area contributed by atoms with Crippen molar-refractivity contribution in [1.82, 2.24) is 10.3 Å². The Morgan fingerprint density at radius 1 is 1.21 bits per heavy atom. The summed E-state index contributed by atoms with van der Waals surface area (Å²) in [5.74, 6) is 0. The van der Waals surface area contributed by atoms with Crippen LogP contribution in [0.2, 0.25) is 0 Å². The lowest BCUT2D eigenvalue weighted by Gasteiger charge is -2.18. The SMILES string of the molecule is CCNC(Cc1cccnc1)c1ccc(SC)cc1. The van der Waals surface area contributed by atoms with E-state index in [1.165, 1.54) is 16.0 Å². The number of likely N-dealkylation sites (N-methyl/N-ethyl adjacent to an activating group) is 1. The van der Waals surface area contributed by atoms with Crippen LogP contribution in [0.25, 0.3) is 0 Å². The molecule has 0 bridgehead atoms. The molecule has 1 N–H and O–H groups in total. The molecule has 2 nitrogen and oxygen atoms in total. The van der Waals surface area contributed by atoms with E-state index in [0.717, 1.165) is 13.0 Å². The lowest BCUT2D eigenvalue weighted by atomic mass is 10.00. The molecule has 2 aromatic rings. The molecule has 1 unspecified atom stereocenters. The third-order valence-corrected chi connectivity index (χ3v) is 3.87. The maximum absolute atomic E-state index is 4.19. The van der Waals surface area contributed by atoms with Crippen molar-refractivity contribution >= 4 is 11.8 Å². The van der Waals surface area contributed by atoms with Gasteiger partial charge in [-0.1, -0.05) is 25.1 Å². The summed E-state index contributed by atoms with van der Waals surface area (Å²) >= 11 is 1.78. The van der Waals surface area contributed by atoms with Gasteiger partial charge in [-0.15, -0.1) is 11.8 Å². The monoisotopic (exact) mass is 272 g/mol. The lowest BCUT2D eigenvalue weighted by Crippen LogP contribution is -2.22. The van der Waals surface area contributed by atoms with Gasteiger partial charge in [-0.05, 0) is 48.5 Å². The van der Waals surface area contributed by atoms with Gasteiger partial charge in [0.05, 0.1) is 0 Å². The van der Waals surface area contributed by atoms with Crippen LogP contribution in [0, 0.1) is 0 Å². The van der Waals surface area contributed by atoms with Crippen LogP contribution < -0.4 is 5.32 Å². The Bertz CT molecular complexity index is 482. The van der Waals surface area contributed by atoms with Gasteiger partial charge in [0, 0.05) is 23.3 Å². The van der Waals surface area contributed by atoms with Gasteiger partial charge < -0.3 is 5.32 Å². The Balaban J connectivity index is 2.14. The number of pyridine rings is 1. The third kappa shape index (κ3) is 4.08. The predicted octanol–water partition coefficient (Wildman–Crippen LogP) is 3.70. The molecule has 0 aliphatic rings. The molecule has 1 aromatic heterocycles. The Morgan fingerprint density at radius 3 is 2.58 bits per heavy atom. The molecule has 0 aliphatic heterocycles. The summed E-state index contributed by atoms with van der Waals surface area (Å²) in [7, 11) is 0. The molecule has 0 fully saturated rings. The number of thioether (sulfide) groups is 1. The van der Waals surface area contributed by atoms with Crippen molar-refractivity contribution in [3.63, 3.8) is 0 Å². The Morgan fingerprint density at radius 2 is 2.00 bits per heavy atom. The quantitative estimate of drug-likeness (QED) is 0.812. The first-order valence-corrected chi connectivity index (χ1v) is 7.82. The second-order valence-electron chi connectivity index (χ2n) is 4.45. The van der Waals surface area contributed by atoms with E-state index in [4.69, 9.17) is 0 Å². The molecule has 3 heteroatoms. The van der Waals surface area contributed by atoms with E-state index in [1.807, 2.05) is 18.5 Å². The lowest BCUT2D eigenvalue weighted by molar-refractivity contribution is 0.549. The van der Waals surface area contributed by atoms with Crippen LogP contribution in [0.15, 0.2) is 53.7 Å². The summed E-state index contributed by atoms with van der Waals surface area (Å²) in [5, 5.41) is 3.55. The number of nitrogens with one attached hydrogen (secondary N) is 1. The average molecular weight is 272 g/mol. The Kier molecular flexibility index (Phi) is 5.43. The molecular formula is C16H20N2S. The molecule has 0 amide bonds. The van der Waals surface area contributed by atoms with Crippen molar-refractivity contribution in [1.29, 1.82) is 0 Å². The summed E-state index contributed by atoms with van der Waals surface area (Å²) in [6.45, 7) is 3.11. The van der Waals surface area contributed by atoms with Crippen molar-refractivity contribution < 1.29 is 0 Å². The van der Waals surface area contributed by atoms with E-state index in [1.54, 1.807) is 11.8 Å². The van der Waals surface area contributed by atoms with Crippen LogP contribution >= 0.6 is 11.8 Å². The fourth-order valence-electron chi connectivity index (χ4n) is 2.15. The van der Waals surface area contributed by atoms with Gasteiger partial charge in [0.15, 0.2) is 0 Å². The van der Waals surface area contributed by atoms with Crippen LogP contribution in [0.3, 0.4) is 0 Å². The van der Waals surface area contributed by atoms with Crippen LogP contribution in [0.4, 0.5) is 0 Å². The Labute approximate surface area is 119 Å². The second-order valence-corrected chi connectivity index (χ2v) is 5.33. The first-order valence-electron chi connectivity index (χ1n) is 6.59. The molecule has 0 radical (unpaired) electrons. The van der Waals surface area contributed by atoms with Gasteiger partial charge in [0.1, 0.15) is 0 Å². The van der Waals surface area contributed by atoms with E-state index in [2.05, 4.69) is 53.8 Å². The van der Waals surface area contributed by atoms with Gasteiger partial charge in [0.25, 0.3) is 0 Å². The molecule has 100 valence electrons. The summed E-state index contributed by atoms with van der Waals surface area (Å²) in [6.07, 6.45) is 6.84. The standard InChI is InChI=1S/C16H20N2S/c1-3-18-16(11-13-5-4-10-17-12-13)14-6-8-15(19-2)9-7-14/h4-10,12,16,18H,3,11H2,1-2H3. The zero-order valence-corrected chi connectivity index (χ0v) is 12.3. The highest BCUT2D eigenvalue weighted by Gasteiger charge is 2.11. The number of hydrogen-bond donors (Lipinski definition) is 1. The molecule has 0 saturated carbocycles. The molecule has 1 atom stereocenters. The van der Waals surface area contributed by atoms with Crippen molar-refractivity contribution in [3.05, 3.63) is 59.9 Å². The highest BCUT2D eigenvalue weighted by molar-refractivity contribution is 7.98. The maximum atomic E-state index is 4.19. The minimum Gasteiger partial charge on any atom is -0.310 e. The molecule has 19 heavy (non-hydrogen) atoms. The molecule has 1 heterocycles. The van der Waals surface area contributed by atoms with E-state index < -0.39 is 0 Å². The Hall–Kier alpha value is -1.32. The van der Waals surface area contributed by atoms with Crippen LogP contribution in [-0.4, -0.2) is 17.8 Å². The molecule has 0 spiro atoms. The maximum Gasteiger partial charge on any atom is 0.0361 e. The van der Waals surface area contributed by atoms with Gasteiger partial charge >= 0.3 is 0 Å². The highest BCUT2D eigenvalue weighted by atomic mass is 32.2. The van der Waals surface area contributed by atoms with Gasteiger partial charge in [-0.25, -0.2) is 0 Å². The van der Waals surface area contributed by atoms with Crippen molar-refractivity contribution in [3.8, 4) is 0 Å². The number of benzene rings is 1. The fraction of sp³-hybridized carbons (Fsp3) is 0.312. The van der Waals surface area contributed by atoms with Gasteiger partial charge in [-0.2, -0.15) is 0 Å². The van der Waals surface area contributed by atoms with Crippen LogP contribution in [0.5, 0.6) is 0 Å². The number of aromatic nitrogens is 1. The summed E-state index contributed by atoms with van der Waals surface area (Å²) < 4.78 is 0. The zero-order valence-electron chi connectivity index (χ0n) is 11.5. The fourth-order valence-corrected chi connectivity index (χ4v) is 2.55. The third-order valence-electron chi connectivity index (χ3n) is 3.13. The van der Waals surface area contributed by atoms with Crippen LogP contribution in [0.1, 0.15) is 24.1 Å². The first kappa shape index (κ1) is 14.1. The molecule has 1 aromatic carbocycles.